The summed E-state index contributed by atoms with van der Waals surface area (Å²) < 4.78 is 0. The third-order valence-electron chi connectivity index (χ3n) is 4.06. The fourth-order valence-electron chi connectivity index (χ4n) is 2.75. The van der Waals surface area contributed by atoms with Gasteiger partial charge in [0.15, 0.2) is 0 Å². The summed E-state index contributed by atoms with van der Waals surface area (Å²) in [5.41, 5.74) is 3.55. The Morgan fingerprint density at radius 2 is 2.00 bits per heavy atom. The maximum Gasteiger partial charge on any atom is 0.0898 e. The standard InChI is InChI=1S/C17H23N3OS/c1-13-19-16(12-22-13)10-18-15-4-2-14(3-5-15)11-20-8-6-17(21)7-9-20/h2-5,12,17-18,21H,6-11H2,1H3. The molecule has 0 radical (unpaired) electrons. The van der Waals surface area contributed by atoms with E-state index in [-0.39, 0.29) is 6.10 Å². The lowest BCUT2D eigenvalue weighted by Gasteiger charge is -2.29. The molecule has 2 heterocycles. The lowest BCUT2D eigenvalue weighted by atomic mass is 10.1. The second-order valence-corrected chi connectivity index (χ2v) is 6.98. The molecule has 0 aliphatic carbocycles. The van der Waals surface area contributed by atoms with E-state index in [4.69, 9.17) is 0 Å². The van der Waals surface area contributed by atoms with E-state index >= 15 is 0 Å². The highest BCUT2D eigenvalue weighted by atomic mass is 32.1. The maximum atomic E-state index is 9.54. The zero-order chi connectivity index (χ0) is 15.4. The number of benzene rings is 1. The number of aliphatic hydroxyl groups is 1. The van der Waals surface area contributed by atoms with Gasteiger partial charge in [-0.1, -0.05) is 12.1 Å². The van der Waals surface area contributed by atoms with Crippen LogP contribution in [0.2, 0.25) is 0 Å². The van der Waals surface area contributed by atoms with Crippen LogP contribution in [0.15, 0.2) is 29.6 Å². The number of rotatable bonds is 5. The molecule has 1 aliphatic rings. The van der Waals surface area contributed by atoms with Gasteiger partial charge in [-0.15, -0.1) is 11.3 Å². The second kappa shape index (κ2) is 7.22. The van der Waals surface area contributed by atoms with Gasteiger partial charge in [-0.3, -0.25) is 4.90 Å². The predicted octanol–water partition coefficient (Wildman–Crippen LogP) is 3.02. The van der Waals surface area contributed by atoms with Crippen molar-refractivity contribution >= 4 is 17.0 Å². The van der Waals surface area contributed by atoms with Crippen molar-refractivity contribution < 1.29 is 5.11 Å². The Hall–Kier alpha value is -1.43. The lowest BCUT2D eigenvalue weighted by molar-refractivity contribution is 0.0792. The molecular weight excluding hydrogens is 294 g/mol. The van der Waals surface area contributed by atoms with Gasteiger partial charge >= 0.3 is 0 Å². The summed E-state index contributed by atoms with van der Waals surface area (Å²) in [5.74, 6) is 0. The molecule has 2 N–H and O–H groups in total. The number of aryl methyl sites for hydroxylation is 1. The van der Waals surface area contributed by atoms with Crippen molar-refractivity contribution in [3.8, 4) is 0 Å². The van der Waals surface area contributed by atoms with E-state index < -0.39 is 0 Å². The predicted molar refractivity (Wildman–Crippen MR) is 91.1 cm³/mol. The number of hydrogen-bond donors (Lipinski definition) is 2. The van der Waals surface area contributed by atoms with E-state index in [1.54, 1.807) is 11.3 Å². The molecule has 1 aromatic heterocycles. The van der Waals surface area contributed by atoms with Crippen molar-refractivity contribution in [2.45, 2.75) is 39.0 Å². The number of piperidine rings is 1. The average molecular weight is 317 g/mol. The molecule has 0 unspecified atom stereocenters. The summed E-state index contributed by atoms with van der Waals surface area (Å²) in [4.78, 5) is 6.87. The fourth-order valence-corrected chi connectivity index (χ4v) is 3.36. The monoisotopic (exact) mass is 317 g/mol. The molecule has 22 heavy (non-hydrogen) atoms. The second-order valence-electron chi connectivity index (χ2n) is 5.92. The fraction of sp³-hybridized carbons (Fsp3) is 0.471. The lowest BCUT2D eigenvalue weighted by Crippen LogP contribution is -2.35. The highest BCUT2D eigenvalue weighted by molar-refractivity contribution is 7.09. The minimum Gasteiger partial charge on any atom is -0.393 e. The zero-order valence-corrected chi connectivity index (χ0v) is 13.8. The van der Waals surface area contributed by atoms with Crippen LogP contribution in [0, 0.1) is 6.92 Å². The minimum atomic E-state index is -0.0998. The van der Waals surface area contributed by atoms with Crippen molar-refractivity contribution in [1.82, 2.24) is 9.88 Å². The number of nitrogens with zero attached hydrogens (tertiary/aromatic N) is 2. The Balaban J connectivity index is 1.49. The normalized spacial score (nSPS) is 16.8. The molecule has 4 nitrogen and oxygen atoms in total. The molecule has 3 rings (SSSR count). The van der Waals surface area contributed by atoms with Crippen molar-refractivity contribution in [3.05, 3.63) is 45.9 Å². The molecule has 1 aliphatic heterocycles. The number of nitrogens with one attached hydrogen (secondary N) is 1. The highest BCUT2D eigenvalue weighted by Gasteiger charge is 2.16. The molecule has 0 atom stereocenters. The van der Waals surface area contributed by atoms with Gasteiger partial charge in [-0.05, 0) is 37.5 Å². The quantitative estimate of drug-likeness (QED) is 0.890. The van der Waals surface area contributed by atoms with Gasteiger partial charge in [0.2, 0.25) is 0 Å². The van der Waals surface area contributed by atoms with E-state index in [0.717, 1.165) is 55.4 Å². The van der Waals surface area contributed by atoms with Crippen LogP contribution in [0.5, 0.6) is 0 Å². The number of likely N-dealkylation sites (tertiary alicyclic amines) is 1. The molecule has 1 fully saturated rings. The molecule has 1 aromatic carbocycles. The van der Waals surface area contributed by atoms with Gasteiger partial charge in [0.1, 0.15) is 0 Å². The van der Waals surface area contributed by atoms with E-state index in [0.29, 0.717) is 0 Å². The van der Waals surface area contributed by atoms with Crippen LogP contribution in [0.3, 0.4) is 0 Å². The average Bonchev–Trinajstić information content (AvgIpc) is 2.94. The summed E-state index contributed by atoms with van der Waals surface area (Å²) in [6.45, 7) is 5.75. The summed E-state index contributed by atoms with van der Waals surface area (Å²) in [5, 5.41) is 16.2. The van der Waals surface area contributed by atoms with Crippen LogP contribution >= 0.6 is 11.3 Å². The number of thiazole rings is 1. The smallest absolute Gasteiger partial charge is 0.0898 e. The van der Waals surface area contributed by atoms with E-state index in [1.165, 1.54) is 5.56 Å². The first-order valence-corrected chi connectivity index (χ1v) is 8.71. The molecular formula is C17H23N3OS. The van der Waals surface area contributed by atoms with Crippen LogP contribution < -0.4 is 5.32 Å². The maximum absolute atomic E-state index is 9.54. The van der Waals surface area contributed by atoms with Gasteiger partial charge in [0, 0.05) is 30.7 Å². The Kier molecular flexibility index (Phi) is 5.08. The number of aromatic nitrogens is 1. The number of aliphatic hydroxyl groups excluding tert-OH is 1. The molecule has 1 saturated heterocycles. The molecule has 2 aromatic rings. The van der Waals surface area contributed by atoms with Gasteiger partial charge in [-0.25, -0.2) is 4.98 Å². The summed E-state index contributed by atoms with van der Waals surface area (Å²) in [6, 6.07) is 8.63. The molecule has 0 saturated carbocycles. The van der Waals surface area contributed by atoms with Crippen LogP contribution in [-0.4, -0.2) is 34.2 Å². The Morgan fingerprint density at radius 3 is 2.64 bits per heavy atom. The van der Waals surface area contributed by atoms with Crippen LogP contribution in [0.4, 0.5) is 5.69 Å². The first-order valence-electron chi connectivity index (χ1n) is 7.83. The minimum absolute atomic E-state index is 0.0998. The first kappa shape index (κ1) is 15.5. The topological polar surface area (TPSA) is 48.4 Å². The molecule has 0 bridgehead atoms. The first-order chi connectivity index (χ1) is 10.7. The van der Waals surface area contributed by atoms with Gasteiger partial charge < -0.3 is 10.4 Å². The third-order valence-corrected chi connectivity index (χ3v) is 4.88. The largest absolute Gasteiger partial charge is 0.393 e. The third kappa shape index (κ3) is 4.29. The van der Waals surface area contributed by atoms with E-state index in [9.17, 15) is 5.11 Å². The van der Waals surface area contributed by atoms with Crippen LogP contribution in [-0.2, 0) is 13.1 Å². The van der Waals surface area contributed by atoms with Crippen molar-refractivity contribution in [1.29, 1.82) is 0 Å². The van der Waals surface area contributed by atoms with Crippen molar-refractivity contribution in [3.63, 3.8) is 0 Å². The molecule has 118 valence electrons. The molecule has 5 heteroatoms. The van der Waals surface area contributed by atoms with Crippen LogP contribution in [0.1, 0.15) is 29.1 Å². The highest BCUT2D eigenvalue weighted by Crippen LogP contribution is 2.16. The number of hydrogen-bond acceptors (Lipinski definition) is 5. The van der Waals surface area contributed by atoms with Crippen molar-refractivity contribution in [2.75, 3.05) is 18.4 Å². The zero-order valence-electron chi connectivity index (χ0n) is 13.0. The van der Waals surface area contributed by atoms with Gasteiger partial charge in [0.25, 0.3) is 0 Å². The van der Waals surface area contributed by atoms with E-state index in [2.05, 4.69) is 44.8 Å². The number of anilines is 1. The summed E-state index contributed by atoms with van der Waals surface area (Å²) in [7, 11) is 0. The molecule has 0 amide bonds. The molecule has 0 spiro atoms. The summed E-state index contributed by atoms with van der Waals surface area (Å²) >= 11 is 1.69. The van der Waals surface area contributed by atoms with E-state index in [1.807, 2.05) is 6.92 Å². The Labute approximate surface area is 135 Å². The Bertz CT molecular complexity index is 588. The van der Waals surface area contributed by atoms with Gasteiger partial charge in [-0.2, -0.15) is 0 Å². The SMILES string of the molecule is Cc1nc(CNc2ccc(CN3CCC(O)CC3)cc2)cs1. The Morgan fingerprint density at radius 1 is 1.27 bits per heavy atom. The summed E-state index contributed by atoms with van der Waals surface area (Å²) in [6.07, 6.45) is 1.69. The van der Waals surface area contributed by atoms with Crippen molar-refractivity contribution in [2.24, 2.45) is 0 Å². The van der Waals surface area contributed by atoms with Crippen LogP contribution in [0.25, 0.3) is 0 Å². The van der Waals surface area contributed by atoms with Gasteiger partial charge in [0.05, 0.1) is 23.4 Å².